The minimum absolute atomic E-state index is 0.0767. The first-order chi connectivity index (χ1) is 17.2. The van der Waals surface area contributed by atoms with E-state index in [9.17, 15) is 9.59 Å². The molecule has 9 heteroatoms. The SMILES string of the molecule is Cc1cn([C@@H]2C[C@H](CO[Si](C)(C)C(C)(C)C)[C@H]3OC(C)(C)O[C@H]32)c(=O)n(COCc2ccccc2)c1=O. The predicted molar refractivity (Wildman–Crippen MR) is 145 cm³/mol. The zero-order valence-corrected chi connectivity index (χ0v) is 24.4. The number of nitrogens with zero attached hydrogens (tertiary/aromatic N) is 2. The molecule has 0 radical (unpaired) electrons. The van der Waals surface area contributed by atoms with E-state index >= 15 is 0 Å². The number of aromatic nitrogens is 2. The highest BCUT2D eigenvalue weighted by atomic mass is 28.4. The van der Waals surface area contributed by atoms with Gasteiger partial charge in [0, 0.05) is 24.3 Å². The fraction of sp³-hybridized carbons (Fsp3) is 0.643. The first-order valence-corrected chi connectivity index (χ1v) is 16.0. The Morgan fingerprint density at radius 2 is 1.73 bits per heavy atom. The Kier molecular flexibility index (Phi) is 7.76. The van der Waals surface area contributed by atoms with Gasteiger partial charge in [0.05, 0.1) is 18.8 Å². The third-order valence-electron chi connectivity index (χ3n) is 8.07. The number of hydrogen-bond donors (Lipinski definition) is 0. The van der Waals surface area contributed by atoms with Crippen LogP contribution in [0.4, 0.5) is 0 Å². The Balaban J connectivity index is 1.59. The van der Waals surface area contributed by atoms with Crippen molar-refractivity contribution in [1.82, 2.24) is 9.13 Å². The van der Waals surface area contributed by atoms with Crippen molar-refractivity contribution in [3.8, 4) is 0 Å². The van der Waals surface area contributed by atoms with E-state index in [4.69, 9.17) is 18.6 Å². The maximum absolute atomic E-state index is 13.6. The molecule has 2 aromatic rings. The monoisotopic (exact) mass is 530 g/mol. The van der Waals surface area contributed by atoms with Crippen LogP contribution in [0.1, 0.15) is 58.2 Å². The quantitative estimate of drug-likeness (QED) is 0.464. The zero-order chi connectivity index (χ0) is 27.2. The van der Waals surface area contributed by atoms with Gasteiger partial charge in [-0.25, -0.2) is 9.36 Å². The van der Waals surface area contributed by atoms with Crippen molar-refractivity contribution < 1.29 is 18.6 Å². The van der Waals surface area contributed by atoms with Crippen LogP contribution in [-0.2, 0) is 32.0 Å². The van der Waals surface area contributed by atoms with Crippen LogP contribution in [0.2, 0.25) is 18.1 Å². The van der Waals surface area contributed by atoms with Gasteiger partial charge in [-0.05, 0) is 50.9 Å². The Morgan fingerprint density at radius 3 is 2.38 bits per heavy atom. The third kappa shape index (κ3) is 5.86. The molecular weight excluding hydrogens is 488 g/mol. The Hall–Kier alpha value is -2.04. The largest absolute Gasteiger partial charge is 0.416 e. The molecule has 1 saturated carbocycles. The lowest BCUT2D eigenvalue weighted by atomic mass is 10.1. The Morgan fingerprint density at radius 1 is 1.08 bits per heavy atom. The molecular formula is C28H42N2O6Si. The standard InChI is InChI=1S/C28H42N2O6Si/c1-19-15-29(26(32)30(25(19)31)18-33-16-20-12-10-9-11-13-20)22-14-21(17-34-37(7,8)27(2,3)4)23-24(22)36-28(5,6)35-23/h9-13,15,21-24H,14,16-18H2,1-8H3/t21-,22-,23-,24+/m1/s1. The van der Waals surface area contributed by atoms with E-state index in [-0.39, 0.29) is 41.5 Å². The van der Waals surface area contributed by atoms with Crippen molar-refractivity contribution in [2.24, 2.45) is 5.92 Å². The van der Waals surface area contributed by atoms with Crippen LogP contribution in [0.15, 0.2) is 46.1 Å². The summed E-state index contributed by atoms with van der Waals surface area (Å²) in [6, 6.07) is 9.41. The van der Waals surface area contributed by atoms with E-state index in [1.807, 2.05) is 44.2 Å². The lowest BCUT2D eigenvalue weighted by Gasteiger charge is -2.37. The third-order valence-corrected chi connectivity index (χ3v) is 12.6. The van der Waals surface area contributed by atoms with Crippen LogP contribution in [0.25, 0.3) is 0 Å². The van der Waals surface area contributed by atoms with Crippen LogP contribution in [0.3, 0.4) is 0 Å². The predicted octanol–water partition coefficient (Wildman–Crippen LogP) is 4.60. The van der Waals surface area contributed by atoms with Gasteiger partial charge in [0.1, 0.15) is 12.8 Å². The lowest BCUT2D eigenvalue weighted by Crippen LogP contribution is -2.44. The van der Waals surface area contributed by atoms with E-state index in [0.29, 0.717) is 25.2 Å². The summed E-state index contributed by atoms with van der Waals surface area (Å²) in [7, 11) is -1.96. The molecule has 204 valence electrons. The molecule has 0 unspecified atom stereocenters. The van der Waals surface area contributed by atoms with Crippen molar-refractivity contribution in [2.75, 3.05) is 6.61 Å². The maximum Gasteiger partial charge on any atom is 0.333 e. The van der Waals surface area contributed by atoms with Crippen LogP contribution in [-0.4, -0.2) is 42.1 Å². The minimum atomic E-state index is -1.96. The number of fused-ring (bicyclic) bond motifs is 1. The zero-order valence-electron chi connectivity index (χ0n) is 23.4. The number of benzene rings is 1. The molecule has 8 nitrogen and oxygen atoms in total. The molecule has 1 aliphatic heterocycles. The van der Waals surface area contributed by atoms with Crippen LogP contribution in [0, 0.1) is 12.8 Å². The summed E-state index contributed by atoms with van der Waals surface area (Å²) in [5.41, 5.74) is 0.723. The van der Waals surface area contributed by atoms with Crippen LogP contribution < -0.4 is 11.2 Å². The van der Waals surface area contributed by atoms with Crippen LogP contribution >= 0.6 is 0 Å². The normalized spacial score (nSPS) is 25.4. The number of aryl methyl sites for hydroxylation is 1. The van der Waals surface area contributed by atoms with Crippen LogP contribution in [0.5, 0.6) is 0 Å². The summed E-state index contributed by atoms with van der Waals surface area (Å²) < 4.78 is 27.8. The molecule has 2 heterocycles. The van der Waals surface area contributed by atoms with Gasteiger partial charge in [0.25, 0.3) is 5.56 Å². The second kappa shape index (κ2) is 10.3. The number of ether oxygens (including phenoxy) is 3. The Bertz CT molecular complexity index is 1210. The number of hydrogen-bond acceptors (Lipinski definition) is 6. The fourth-order valence-corrected chi connectivity index (χ4v) is 6.03. The van der Waals surface area contributed by atoms with Crippen molar-refractivity contribution >= 4 is 8.32 Å². The molecule has 4 atom stereocenters. The van der Waals surface area contributed by atoms with E-state index in [1.54, 1.807) is 17.7 Å². The van der Waals surface area contributed by atoms with Gasteiger partial charge in [-0.3, -0.25) is 9.36 Å². The van der Waals surface area contributed by atoms with Gasteiger partial charge >= 0.3 is 5.69 Å². The average molecular weight is 531 g/mol. The summed E-state index contributed by atoms with van der Waals surface area (Å²) in [6.07, 6.45) is 1.83. The minimum Gasteiger partial charge on any atom is -0.416 e. The molecule has 4 rings (SSSR count). The molecule has 37 heavy (non-hydrogen) atoms. The summed E-state index contributed by atoms with van der Waals surface area (Å²) in [5.74, 6) is -0.678. The van der Waals surface area contributed by atoms with Gasteiger partial charge in [0.15, 0.2) is 14.1 Å². The molecule has 0 spiro atoms. The van der Waals surface area contributed by atoms with Gasteiger partial charge in [-0.15, -0.1) is 0 Å². The highest BCUT2D eigenvalue weighted by Crippen LogP contribution is 2.47. The maximum atomic E-state index is 13.6. The molecule has 1 aromatic heterocycles. The van der Waals surface area contributed by atoms with Gasteiger partial charge in [-0.1, -0.05) is 51.1 Å². The summed E-state index contributed by atoms with van der Waals surface area (Å²) in [4.78, 5) is 26.5. The average Bonchev–Trinajstić information content (AvgIpc) is 3.30. The molecule has 0 bridgehead atoms. The smallest absolute Gasteiger partial charge is 0.333 e. The molecule has 0 amide bonds. The lowest BCUT2D eigenvalue weighted by molar-refractivity contribution is -0.161. The first-order valence-electron chi connectivity index (χ1n) is 13.1. The van der Waals surface area contributed by atoms with Gasteiger partial charge < -0.3 is 18.6 Å². The molecule has 1 saturated heterocycles. The van der Waals surface area contributed by atoms with E-state index in [0.717, 1.165) is 5.56 Å². The molecule has 1 aliphatic carbocycles. The highest BCUT2D eigenvalue weighted by molar-refractivity contribution is 6.74. The first kappa shape index (κ1) is 28.0. The topological polar surface area (TPSA) is 80.9 Å². The Labute approximate surface area is 220 Å². The summed E-state index contributed by atoms with van der Waals surface area (Å²) >= 11 is 0. The summed E-state index contributed by atoms with van der Waals surface area (Å²) in [5, 5.41) is 0.0972. The molecule has 1 aromatic carbocycles. The van der Waals surface area contributed by atoms with Crippen molar-refractivity contribution in [2.45, 2.75) is 103 Å². The van der Waals surface area contributed by atoms with Crippen molar-refractivity contribution in [1.29, 1.82) is 0 Å². The fourth-order valence-electron chi connectivity index (χ4n) is 4.96. The summed E-state index contributed by atoms with van der Waals surface area (Å²) in [6.45, 7) is 17.4. The van der Waals surface area contributed by atoms with E-state index in [2.05, 4.69) is 33.9 Å². The second-order valence-corrected chi connectivity index (χ2v) is 17.2. The van der Waals surface area contributed by atoms with Gasteiger partial charge in [0.2, 0.25) is 0 Å². The van der Waals surface area contributed by atoms with Gasteiger partial charge in [-0.2, -0.15) is 0 Å². The molecule has 2 fully saturated rings. The van der Waals surface area contributed by atoms with E-state index < -0.39 is 19.8 Å². The highest BCUT2D eigenvalue weighted by Gasteiger charge is 2.55. The van der Waals surface area contributed by atoms with E-state index in [1.165, 1.54) is 4.57 Å². The van der Waals surface area contributed by atoms with Crippen molar-refractivity contribution in [3.05, 3.63) is 68.5 Å². The number of rotatable bonds is 8. The molecule has 2 aliphatic rings. The second-order valence-electron chi connectivity index (χ2n) is 12.4. The van der Waals surface area contributed by atoms with Crippen molar-refractivity contribution in [3.63, 3.8) is 0 Å². The molecule has 0 N–H and O–H groups in total.